The van der Waals surface area contributed by atoms with Crippen LogP contribution in [-0.2, 0) is 0 Å². The van der Waals surface area contributed by atoms with Crippen LogP contribution in [0, 0.1) is 0 Å². The van der Waals surface area contributed by atoms with Crippen molar-refractivity contribution in [1.82, 2.24) is 14.6 Å². The first-order chi connectivity index (χ1) is 7.77. The zero-order valence-corrected chi connectivity index (χ0v) is 9.38. The van der Waals surface area contributed by atoms with Crippen molar-refractivity contribution in [2.75, 3.05) is 0 Å². The molecule has 3 rings (SSSR count). The first-order valence-corrected chi connectivity index (χ1v) is 5.50. The number of para-hydroxylation sites is 1. The maximum Gasteiger partial charge on any atom is 0.161 e. The molecule has 0 aliphatic rings. The molecule has 0 N–H and O–H groups in total. The molecule has 0 radical (unpaired) electrons. The van der Waals surface area contributed by atoms with Crippen LogP contribution in [0.25, 0.3) is 16.6 Å². The van der Waals surface area contributed by atoms with Crippen LogP contribution < -0.4 is 0 Å². The summed E-state index contributed by atoms with van der Waals surface area (Å²) in [6.45, 7) is 4.27. The van der Waals surface area contributed by atoms with Crippen LogP contribution in [0.15, 0.2) is 36.4 Å². The van der Waals surface area contributed by atoms with Gasteiger partial charge in [0.1, 0.15) is 5.82 Å². The predicted molar refractivity (Wildman–Crippen MR) is 64.6 cm³/mol. The lowest BCUT2D eigenvalue weighted by atomic mass is 10.2. The Labute approximate surface area is 93.7 Å². The van der Waals surface area contributed by atoms with Crippen LogP contribution in [0.3, 0.4) is 0 Å². The zero-order valence-electron chi connectivity index (χ0n) is 9.38. The van der Waals surface area contributed by atoms with Gasteiger partial charge in [0.15, 0.2) is 5.65 Å². The lowest BCUT2D eigenvalue weighted by molar-refractivity contribution is 0.766. The Morgan fingerprint density at radius 1 is 1.00 bits per heavy atom. The highest BCUT2D eigenvalue weighted by atomic mass is 15.2. The average molecular weight is 211 g/mol. The number of fused-ring (bicyclic) bond motifs is 3. The normalized spacial score (nSPS) is 11.7. The van der Waals surface area contributed by atoms with Gasteiger partial charge in [-0.25, -0.2) is 0 Å². The van der Waals surface area contributed by atoms with E-state index < -0.39 is 0 Å². The molecular weight excluding hydrogens is 198 g/mol. The Kier molecular flexibility index (Phi) is 1.93. The Morgan fingerprint density at radius 2 is 1.81 bits per heavy atom. The number of hydrogen-bond acceptors (Lipinski definition) is 2. The molecule has 0 atom stereocenters. The van der Waals surface area contributed by atoms with Crippen LogP contribution >= 0.6 is 0 Å². The summed E-state index contributed by atoms with van der Waals surface area (Å²) in [5.41, 5.74) is 2.09. The van der Waals surface area contributed by atoms with Crippen molar-refractivity contribution in [2.45, 2.75) is 19.8 Å². The molecule has 0 aliphatic carbocycles. The number of pyridine rings is 1. The minimum absolute atomic E-state index is 0.376. The number of nitrogens with zero attached hydrogens (tertiary/aromatic N) is 3. The van der Waals surface area contributed by atoms with E-state index in [0.29, 0.717) is 5.92 Å². The Balaban J connectivity index is 2.52. The standard InChI is InChI=1S/C13H13N3/c1-9(2)13-15-14-12-8-7-10-5-3-4-6-11(10)16(12)13/h3-9H,1-2H3. The Morgan fingerprint density at radius 3 is 2.62 bits per heavy atom. The molecule has 2 heterocycles. The fourth-order valence-electron chi connectivity index (χ4n) is 2.03. The SMILES string of the molecule is CC(C)c1nnc2ccc3ccccc3n12. The van der Waals surface area contributed by atoms with Crippen molar-refractivity contribution in [3.8, 4) is 0 Å². The van der Waals surface area contributed by atoms with E-state index in [1.165, 1.54) is 10.9 Å². The molecule has 16 heavy (non-hydrogen) atoms. The van der Waals surface area contributed by atoms with E-state index in [-0.39, 0.29) is 0 Å². The van der Waals surface area contributed by atoms with Gasteiger partial charge in [-0.1, -0.05) is 32.0 Å². The third-order valence-electron chi connectivity index (χ3n) is 2.82. The van der Waals surface area contributed by atoms with Crippen LogP contribution in [0.1, 0.15) is 25.6 Å². The minimum Gasteiger partial charge on any atom is -0.279 e. The fraction of sp³-hybridized carbons (Fsp3) is 0.231. The van der Waals surface area contributed by atoms with Gasteiger partial charge >= 0.3 is 0 Å². The van der Waals surface area contributed by atoms with E-state index >= 15 is 0 Å². The zero-order chi connectivity index (χ0) is 11.1. The minimum atomic E-state index is 0.376. The molecule has 0 aliphatic heterocycles. The molecule has 0 unspecified atom stereocenters. The monoisotopic (exact) mass is 211 g/mol. The van der Waals surface area contributed by atoms with E-state index in [2.05, 4.69) is 46.6 Å². The summed E-state index contributed by atoms with van der Waals surface area (Å²) < 4.78 is 2.14. The van der Waals surface area contributed by atoms with Crippen LogP contribution in [0.4, 0.5) is 0 Å². The number of aromatic nitrogens is 3. The van der Waals surface area contributed by atoms with Crippen molar-refractivity contribution in [3.05, 3.63) is 42.2 Å². The highest BCUT2D eigenvalue weighted by molar-refractivity contribution is 5.81. The quantitative estimate of drug-likeness (QED) is 0.619. The highest BCUT2D eigenvalue weighted by Gasteiger charge is 2.10. The van der Waals surface area contributed by atoms with Gasteiger partial charge in [0.25, 0.3) is 0 Å². The van der Waals surface area contributed by atoms with Gasteiger partial charge in [-0.3, -0.25) is 4.40 Å². The van der Waals surface area contributed by atoms with Gasteiger partial charge in [-0.15, -0.1) is 10.2 Å². The molecule has 0 spiro atoms. The highest BCUT2D eigenvalue weighted by Crippen LogP contribution is 2.20. The third-order valence-corrected chi connectivity index (χ3v) is 2.82. The van der Waals surface area contributed by atoms with Gasteiger partial charge < -0.3 is 0 Å². The van der Waals surface area contributed by atoms with Gasteiger partial charge in [0.2, 0.25) is 0 Å². The summed E-state index contributed by atoms with van der Waals surface area (Å²) in [6.07, 6.45) is 0. The van der Waals surface area contributed by atoms with E-state index in [1.54, 1.807) is 0 Å². The van der Waals surface area contributed by atoms with Gasteiger partial charge in [0, 0.05) is 5.92 Å². The maximum atomic E-state index is 4.26. The summed E-state index contributed by atoms with van der Waals surface area (Å²) >= 11 is 0. The van der Waals surface area contributed by atoms with Gasteiger partial charge in [-0.2, -0.15) is 0 Å². The fourth-order valence-corrected chi connectivity index (χ4v) is 2.03. The van der Waals surface area contributed by atoms with Crippen LogP contribution in [0.5, 0.6) is 0 Å². The molecule has 80 valence electrons. The van der Waals surface area contributed by atoms with E-state index in [0.717, 1.165) is 11.5 Å². The maximum absolute atomic E-state index is 4.26. The van der Waals surface area contributed by atoms with Crippen molar-refractivity contribution < 1.29 is 0 Å². The van der Waals surface area contributed by atoms with E-state index in [1.807, 2.05) is 18.2 Å². The smallest absolute Gasteiger partial charge is 0.161 e. The molecular formula is C13H13N3. The summed E-state index contributed by atoms with van der Waals surface area (Å²) in [6, 6.07) is 12.4. The van der Waals surface area contributed by atoms with Gasteiger partial charge in [0.05, 0.1) is 5.52 Å². The topological polar surface area (TPSA) is 30.2 Å². The second-order valence-corrected chi connectivity index (χ2v) is 4.30. The first-order valence-electron chi connectivity index (χ1n) is 5.50. The average Bonchev–Trinajstić information content (AvgIpc) is 2.73. The molecule has 0 amide bonds. The van der Waals surface area contributed by atoms with E-state index in [9.17, 15) is 0 Å². The largest absolute Gasteiger partial charge is 0.279 e. The number of benzene rings is 1. The lowest BCUT2D eigenvalue weighted by Crippen LogP contribution is -1.98. The molecule has 0 fully saturated rings. The lowest BCUT2D eigenvalue weighted by Gasteiger charge is -2.06. The Hall–Kier alpha value is -1.90. The molecule has 0 saturated heterocycles. The molecule has 0 bridgehead atoms. The molecule has 0 saturated carbocycles. The molecule has 2 aromatic heterocycles. The van der Waals surface area contributed by atoms with Gasteiger partial charge in [-0.05, 0) is 23.6 Å². The summed E-state index contributed by atoms with van der Waals surface area (Å²) in [5.74, 6) is 1.40. The summed E-state index contributed by atoms with van der Waals surface area (Å²) in [4.78, 5) is 0. The van der Waals surface area contributed by atoms with E-state index in [4.69, 9.17) is 0 Å². The second-order valence-electron chi connectivity index (χ2n) is 4.30. The summed E-state index contributed by atoms with van der Waals surface area (Å²) in [7, 11) is 0. The molecule has 3 aromatic rings. The van der Waals surface area contributed by atoms with Crippen molar-refractivity contribution >= 4 is 16.6 Å². The third kappa shape index (κ3) is 1.21. The molecule has 1 aromatic carbocycles. The number of hydrogen-bond donors (Lipinski definition) is 0. The predicted octanol–water partition coefficient (Wildman–Crippen LogP) is 3.01. The van der Waals surface area contributed by atoms with Crippen molar-refractivity contribution in [2.24, 2.45) is 0 Å². The van der Waals surface area contributed by atoms with Crippen LogP contribution in [-0.4, -0.2) is 14.6 Å². The van der Waals surface area contributed by atoms with Crippen molar-refractivity contribution in [1.29, 1.82) is 0 Å². The van der Waals surface area contributed by atoms with Crippen molar-refractivity contribution in [3.63, 3.8) is 0 Å². The second kappa shape index (κ2) is 3.30. The summed E-state index contributed by atoms with van der Waals surface area (Å²) in [5, 5.41) is 9.68. The first kappa shape index (κ1) is 9.33. The number of rotatable bonds is 1. The Bertz CT molecular complexity index is 652. The molecule has 3 nitrogen and oxygen atoms in total. The molecule has 3 heteroatoms. The van der Waals surface area contributed by atoms with Crippen LogP contribution in [0.2, 0.25) is 0 Å².